The Hall–Kier alpha value is -1.08. The summed E-state index contributed by atoms with van der Waals surface area (Å²) in [7, 11) is 1.72. The van der Waals surface area contributed by atoms with Crippen molar-refractivity contribution in [3.8, 4) is 0 Å². The number of ether oxygens (including phenoxy) is 1. The molecule has 1 aromatic carbocycles. The van der Waals surface area contributed by atoms with Crippen LogP contribution in [0.3, 0.4) is 0 Å². The highest BCUT2D eigenvalue weighted by molar-refractivity contribution is 5.61. The first kappa shape index (κ1) is 6.62. The molecule has 0 bridgehead atoms. The van der Waals surface area contributed by atoms with E-state index in [1.165, 1.54) is 11.1 Å². The second kappa shape index (κ2) is 2.51. The minimum absolute atomic E-state index is 0.152. The van der Waals surface area contributed by atoms with Crippen LogP contribution in [-0.2, 0) is 4.74 Å². The summed E-state index contributed by atoms with van der Waals surface area (Å²) in [5.41, 5.74) is 2.46. The number of rotatable bonds is 1. The van der Waals surface area contributed by atoms with Gasteiger partial charge in [0.1, 0.15) is 6.10 Å². The average molecular weight is 145 g/mol. The molecule has 0 aliphatic heterocycles. The summed E-state index contributed by atoms with van der Waals surface area (Å²) >= 11 is 0. The molecule has 1 radical (unpaired) electrons. The monoisotopic (exact) mass is 145 g/mol. The Kier molecular flexibility index (Phi) is 1.51. The smallest absolute Gasteiger partial charge is 0.101 e. The SMILES string of the molecule is COC1C=Cc2c[c]ccc21. The van der Waals surface area contributed by atoms with E-state index in [0.29, 0.717) is 0 Å². The fourth-order valence-corrected chi connectivity index (χ4v) is 1.36. The number of hydrogen-bond donors (Lipinski definition) is 0. The molecule has 1 nitrogen and oxygen atoms in total. The first-order valence-corrected chi connectivity index (χ1v) is 3.63. The van der Waals surface area contributed by atoms with Gasteiger partial charge in [-0.25, -0.2) is 0 Å². The van der Waals surface area contributed by atoms with E-state index in [4.69, 9.17) is 4.74 Å². The normalized spacial score (nSPS) is 20.3. The molecule has 0 amide bonds. The maximum atomic E-state index is 5.24. The van der Waals surface area contributed by atoms with Crippen molar-refractivity contribution in [2.45, 2.75) is 6.10 Å². The zero-order chi connectivity index (χ0) is 7.68. The molecule has 2 rings (SSSR count). The van der Waals surface area contributed by atoms with E-state index in [9.17, 15) is 0 Å². The van der Waals surface area contributed by atoms with Gasteiger partial charge in [0.15, 0.2) is 0 Å². The van der Waals surface area contributed by atoms with Crippen molar-refractivity contribution in [1.29, 1.82) is 0 Å². The Morgan fingerprint density at radius 1 is 1.55 bits per heavy atom. The molecule has 1 aliphatic rings. The molecule has 0 saturated carbocycles. The van der Waals surface area contributed by atoms with Crippen LogP contribution in [0.25, 0.3) is 6.08 Å². The first-order valence-electron chi connectivity index (χ1n) is 3.63. The van der Waals surface area contributed by atoms with Gasteiger partial charge in [0.25, 0.3) is 0 Å². The van der Waals surface area contributed by atoms with E-state index in [1.807, 2.05) is 18.2 Å². The minimum atomic E-state index is 0.152. The molecule has 0 fully saturated rings. The van der Waals surface area contributed by atoms with Gasteiger partial charge in [-0.1, -0.05) is 24.3 Å². The predicted octanol–water partition coefficient (Wildman–Crippen LogP) is 2.20. The van der Waals surface area contributed by atoms with Crippen molar-refractivity contribution < 1.29 is 4.74 Å². The third-order valence-corrected chi connectivity index (χ3v) is 1.94. The summed E-state index contributed by atoms with van der Waals surface area (Å²) in [5.74, 6) is 0. The quantitative estimate of drug-likeness (QED) is 0.588. The van der Waals surface area contributed by atoms with E-state index >= 15 is 0 Å². The number of fused-ring (bicyclic) bond motifs is 1. The molecular formula is C10H9O. The van der Waals surface area contributed by atoms with E-state index in [2.05, 4.69) is 18.2 Å². The molecule has 1 atom stereocenters. The molecule has 0 spiro atoms. The molecule has 1 heteroatoms. The van der Waals surface area contributed by atoms with Crippen molar-refractivity contribution in [1.82, 2.24) is 0 Å². The lowest BCUT2D eigenvalue weighted by Crippen LogP contribution is -1.94. The van der Waals surface area contributed by atoms with Crippen LogP contribution in [0.15, 0.2) is 24.3 Å². The number of methoxy groups -OCH3 is 1. The van der Waals surface area contributed by atoms with Gasteiger partial charge < -0.3 is 4.74 Å². The molecule has 0 saturated heterocycles. The molecule has 0 heterocycles. The third kappa shape index (κ3) is 0.976. The van der Waals surface area contributed by atoms with Gasteiger partial charge in [-0.05, 0) is 23.3 Å². The highest BCUT2D eigenvalue weighted by Crippen LogP contribution is 2.29. The Morgan fingerprint density at radius 2 is 2.45 bits per heavy atom. The zero-order valence-electron chi connectivity index (χ0n) is 6.37. The van der Waals surface area contributed by atoms with E-state index in [-0.39, 0.29) is 6.10 Å². The Bertz CT molecular complexity index is 289. The van der Waals surface area contributed by atoms with E-state index in [1.54, 1.807) is 7.11 Å². The topological polar surface area (TPSA) is 9.23 Å². The Labute approximate surface area is 66.3 Å². The van der Waals surface area contributed by atoms with Gasteiger partial charge in [0.2, 0.25) is 0 Å². The molecule has 1 aliphatic carbocycles. The van der Waals surface area contributed by atoms with E-state index < -0.39 is 0 Å². The van der Waals surface area contributed by atoms with Gasteiger partial charge in [-0.15, -0.1) is 0 Å². The standard InChI is InChI=1S/C10H9O/c1-11-10-7-6-8-4-2-3-5-9(8)10/h3-7,10H,1H3. The second-order valence-electron chi connectivity index (χ2n) is 2.57. The van der Waals surface area contributed by atoms with Crippen LogP contribution in [0, 0.1) is 6.07 Å². The summed E-state index contributed by atoms with van der Waals surface area (Å²) in [5, 5.41) is 0. The fourth-order valence-electron chi connectivity index (χ4n) is 1.36. The van der Waals surface area contributed by atoms with Crippen molar-refractivity contribution in [2.24, 2.45) is 0 Å². The third-order valence-electron chi connectivity index (χ3n) is 1.94. The van der Waals surface area contributed by atoms with Crippen LogP contribution in [0.2, 0.25) is 0 Å². The van der Waals surface area contributed by atoms with Gasteiger partial charge in [-0.2, -0.15) is 0 Å². The molecule has 0 aromatic heterocycles. The van der Waals surface area contributed by atoms with Crippen LogP contribution >= 0.6 is 0 Å². The summed E-state index contributed by atoms with van der Waals surface area (Å²) in [6, 6.07) is 8.97. The Balaban J connectivity index is 2.46. The first-order chi connectivity index (χ1) is 5.42. The van der Waals surface area contributed by atoms with Crippen LogP contribution in [0.5, 0.6) is 0 Å². The van der Waals surface area contributed by atoms with Gasteiger partial charge in [0.05, 0.1) is 0 Å². The van der Waals surface area contributed by atoms with Crippen LogP contribution in [-0.4, -0.2) is 7.11 Å². The highest BCUT2D eigenvalue weighted by Gasteiger charge is 2.14. The predicted molar refractivity (Wildman–Crippen MR) is 44.1 cm³/mol. The van der Waals surface area contributed by atoms with Crippen LogP contribution < -0.4 is 0 Å². The lowest BCUT2D eigenvalue weighted by Gasteiger charge is -2.06. The molecule has 1 aromatic rings. The average Bonchev–Trinajstić information content (AvgIpc) is 2.47. The lowest BCUT2D eigenvalue weighted by molar-refractivity contribution is 0.145. The van der Waals surface area contributed by atoms with Crippen molar-refractivity contribution >= 4 is 6.08 Å². The Morgan fingerprint density at radius 3 is 3.27 bits per heavy atom. The second-order valence-corrected chi connectivity index (χ2v) is 2.57. The highest BCUT2D eigenvalue weighted by atomic mass is 16.5. The summed E-state index contributed by atoms with van der Waals surface area (Å²) in [4.78, 5) is 0. The molecule has 0 N–H and O–H groups in total. The van der Waals surface area contributed by atoms with Gasteiger partial charge >= 0.3 is 0 Å². The van der Waals surface area contributed by atoms with Gasteiger partial charge in [-0.3, -0.25) is 0 Å². The minimum Gasteiger partial charge on any atom is -0.373 e. The fraction of sp³-hybridized carbons (Fsp3) is 0.200. The maximum absolute atomic E-state index is 5.24. The number of benzene rings is 1. The van der Waals surface area contributed by atoms with E-state index in [0.717, 1.165) is 0 Å². The van der Waals surface area contributed by atoms with Crippen molar-refractivity contribution in [3.63, 3.8) is 0 Å². The van der Waals surface area contributed by atoms with Crippen LogP contribution in [0.4, 0.5) is 0 Å². The van der Waals surface area contributed by atoms with Crippen LogP contribution in [0.1, 0.15) is 17.2 Å². The molecule has 11 heavy (non-hydrogen) atoms. The maximum Gasteiger partial charge on any atom is 0.101 e. The summed E-state index contributed by atoms with van der Waals surface area (Å²) < 4.78 is 5.24. The summed E-state index contributed by atoms with van der Waals surface area (Å²) in [6.45, 7) is 0. The van der Waals surface area contributed by atoms with Crippen molar-refractivity contribution in [3.05, 3.63) is 41.5 Å². The molecule has 55 valence electrons. The number of hydrogen-bond acceptors (Lipinski definition) is 1. The largest absolute Gasteiger partial charge is 0.373 e. The molecular weight excluding hydrogens is 136 g/mol. The lowest BCUT2D eigenvalue weighted by atomic mass is 10.1. The molecule has 1 unspecified atom stereocenters. The summed E-state index contributed by atoms with van der Waals surface area (Å²) in [6.07, 6.45) is 4.28. The van der Waals surface area contributed by atoms with Crippen molar-refractivity contribution in [2.75, 3.05) is 7.11 Å². The zero-order valence-corrected chi connectivity index (χ0v) is 6.37. The van der Waals surface area contributed by atoms with Gasteiger partial charge in [0, 0.05) is 7.11 Å².